The van der Waals surface area contributed by atoms with Gasteiger partial charge in [-0.2, -0.15) is 0 Å². The molecule has 0 saturated heterocycles. The number of nitrogens with one attached hydrogen (secondary N) is 1. The highest BCUT2D eigenvalue weighted by Gasteiger charge is 2.03. The van der Waals surface area contributed by atoms with Crippen molar-refractivity contribution in [3.8, 4) is 0 Å². The summed E-state index contributed by atoms with van der Waals surface area (Å²) in [6.45, 7) is 2.42. The monoisotopic (exact) mass is 285 g/mol. The number of carbonyl (C=O) groups excluding carboxylic acids is 1. The fraction of sp³-hybridized carbons (Fsp3) is 0.556. The summed E-state index contributed by atoms with van der Waals surface area (Å²) >= 11 is 1.54. The number of hydrogen-bond donors (Lipinski definition) is 2. The lowest BCUT2D eigenvalue weighted by Gasteiger charge is -2.05. The standard InChI is InChI=1S/C9H15N3OS.2ClH/c1-7(10)2-3-8(13)12-6-9-11-4-5-14-9;;/h4-5,7H,2-3,6,10H2,1H3,(H,12,13);2*1H. The average Bonchev–Trinajstić information content (AvgIpc) is 2.63. The van der Waals surface area contributed by atoms with Crippen molar-refractivity contribution in [2.75, 3.05) is 0 Å². The first kappa shape index (κ1) is 18.0. The summed E-state index contributed by atoms with van der Waals surface area (Å²) in [6, 6.07) is 0.0839. The van der Waals surface area contributed by atoms with E-state index in [1.54, 1.807) is 6.20 Å². The lowest BCUT2D eigenvalue weighted by Crippen LogP contribution is -2.25. The molecule has 0 aromatic carbocycles. The Morgan fingerprint density at radius 1 is 1.62 bits per heavy atom. The van der Waals surface area contributed by atoms with E-state index >= 15 is 0 Å². The van der Waals surface area contributed by atoms with Gasteiger partial charge < -0.3 is 11.1 Å². The minimum atomic E-state index is 0. The molecule has 1 atom stereocenters. The van der Waals surface area contributed by atoms with Crippen LogP contribution in [0.2, 0.25) is 0 Å². The van der Waals surface area contributed by atoms with E-state index in [1.165, 1.54) is 11.3 Å². The third kappa shape index (κ3) is 7.87. The Balaban J connectivity index is 0. The van der Waals surface area contributed by atoms with Crippen LogP contribution >= 0.6 is 36.2 Å². The zero-order valence-electron chi connectivity index (χ0n) is 9.01. The molecule has 0 fully saturated rings. The fourth-order valence-electron chi connectivity index (χ4n) is 0.962. The maximum absolute atomic E-state index is 11.3. The maximum Gasteiger partial charge on any atom is 0.220 e. The van der Waals surface area contributed by atoms with Crippen molar-refractivity contribution in [2.24, 2.45) is 5.73 Å². The van der Waals surface area contributed by atoms with E-state index in [0.29, 0.717) is 13.0 Å². The first-order chi connectivity index (χ1) is 6.68. The molecule has 0 spiro atoms. The molecule has 1 rings (SSSR count). The van der Waals surface area contributed by atoms with Crippen molar-refractivity contribution < 1.29 is 4.79 Å². The van der Waals surface area contributed by atoms with Crippen molar-refractivity contribution in [1.29, 1.82) is 0 Å². The van der Waals surface area contributed by atoms with Gasteiger partial charge in [0.1, 0.15) is 5.01 Å². The van der Waals surface area contributed by atoms with E-state index in [4.69, 9.17) is 5.73 Å². The topological polar surface area (TPSA) is 68.0 Å². The Hall–Kier alpha value is -0.360. The Morgan fingerprint density at radius 2 is 2.31 bits per heavy atom. The van der Waals surface area contributed by atoms with Gasteiger partial charge in [-0.3, -0.25) is 4.79 Å². The van der Waals surface area contributed by atoms with Crippen LogP contribution in [0.5, 0.6) is 0 Å². The Labute approximate surface area is 112 Å². The molecule has 7 heteroatoms. The van der Waals surface area contributed by atoms with Gasteiger partial charge in [-0.05, 0) is 13.3 Å². The van der Waals surface area contributed by atoms with Gasteiger partial charge in [0.2, 0.25) is 5.91 Å². The summed E-state index contributed by atoms with van der Waals surface area (Å²) in [5.41, 5.74) is 5.54. The number of halogens is 2. The second-order valence-electron chi connectivity index (χ2n) is 3.22. The highest BCUT2D eigenvalue weighted by Crippen LogP contribution is 2.03. The highest BCUT2D eigenvalue weighted by molar-refractivity contribution is 7.09. The van der Waals surface area contributed by atoms with Crippen molar-refractivity contribution >= 4 is 42.1 Å². The quantitative estimate of drug-likeness (QED) is 0.866. The number of carbonyl (C=O) groups is 1. The van der Waals surface area contributed by atoms with E-state index in [9.17, 15) is 4.79 Å². The number of nitrogens with two attached hydrogens (primary N) is 1. The van der Waals surface area contributed by atoms with Gasteiger partial charge in [0.05, 0.1) is 6.54 Å². The van der Waals surface area contributed by atoms with Gasteiger partial charge >= 0.3 is 0 Å². The molecule has 0 aliphatic rings. The molecule has 4 nitrogen and oxygen atoms in total. The van der Waals surface area contributed by atoms with E-state index < -0.39 is 0 Å². The molecular weight excluding hydrogens is 269 g/mol. The van der Waals surface area contributed by atoms with Gasteiger partial charge in [-0.25, -0.2) is 4.98 Å². The molecular formula is C9H17Cl2N3OS. The highest BCUT2D eigenvalue weighted by atomic mass is 35.5. The number of aromatic nitrogens is 1. The molecule has 0 aliphatic heterocycles. The van der Waals surface area contributed by atoms with Crippen molar-refractivity contribution in [2.45, 2.75) is 32.4 Å². The summed E-state index contributed by atoms with van der Waals surface area (Å²) in [5, 5.41) is 5.62. The Bertz CT molecular complexity index is 280. The van der Waals surface area contributed by atoms with Crippen molar-refractivity contribution in [1.82, 2.24) is 10.3 Å². The third-order valence-corrected chi connectivity index (χ3v) is 2.53. The Kier molecular flexibility index (Phi) is 11.1. The fourth-order valence-corrected chi connectivity index (χ4v) is 1.52. The first-order valence-electron chi connectivity index (χ1n) is 4.59. The molecule has 1 aromatic rings. The molecule has 0 radical (unpaired) electrons. The molecule has 0 saturated carbocycles. The van der Waals surface area contributed by atoms with Crippen LogP contribution in [0, 0.1) is 0 Å². The zero-order chi connectivity index (χ0) is 10.4. The minimum Gasteiger partial charge on any atom is -0.350 e. The molecule has 1 unspecified atom stereocenters. The molecule has 0 bridgehead atoms. The van der Waals surface area contributed by atoms with Crippen LogP contribution in [-0.4, -0.2) is 16.9 Å². The molecule has 0 aliphatic carbocycles. The maximum atomic E-state index is 11.3. The van der Waals surface area contributed by atoms with E-state index in [0.717, 1.165) is 11.4 Å². The predicted octanol–water partition coefficient (Wildman–Crippen LogP) is 1.73. The molecule has 1 amide bonds. The van der Waals surface area contributed by atoms with Crippen molar-refractivity contribution in [3.63, 3.8) is 0 Å². The van der Waals surface area contributed by atoms with Crippen LogP contribution in [0.4, 0.5) is 0 Å². The summed E-state index contributed by atoms with van der Waals surface area (Å²) < 4.78 is 0. The molecule has 1 heterocycles. The number of rotatable bonds is 5. The lowest BCUT2D eigenvalue weighted by atomic mass is 10.2. The molecule has 1 aromatic heterocycles. The van der Waals surface area contributed by atoms with E-state index in [2.05, 4.69) is 10.3 Å². The number of hydrogen-bond acceptors (Lipinski definition) is 4. The van der Waals surface area contributed by atoms with E-state index in [-0.39, 0.29) is 36.8 Å². The smallest absolute Gasteiger partial charge is 0.220 e. The second-order valence-corrected chi connectivity index (χ2v) is 4.20. The predicted molar refractivity (Wildman–Crippen MR) is 71.3 cm³/mol. The minimum absolute atomic E-state index is 0. The summed E-state index contributed by atoms with van der Waals surface area (Å²) in [7, 11) is 0. The van der Waals surface area contributed by atoms with Crippen LogP contribution in [0.15, 0.2) is 11.6 Å². The van der Waals surface area contributed by atoms with Gasteiger partial charge in [-0.15, -0.1) is 36.2 Å². The summed E-state index contributed by atoms with van der Waals surface area (Å²) in [4.78, 5) is 15.3. The molecule has 16 heavy (non-hydrogen) atoms. The third-order valence-electron chi connectivity index (χ3n) is 1.75. The van der Waals surface area contributed by atoms with Crippen molar-refractivity contribution in [3.05, 3.63) is 16.6 Å². The number of nitrogens with zero attached hydrogens (tertiary/aromatic N) is 1. The van der Waals surface area contributed by atoms with Crippen LogP contribution in [-0.2, 0) is 11.3 Å². The van der Waals surface area contributed by atoms with Gasteiger partial charge in [0.15, 0.2) is 0 Å². The van der Waals surface area contributed by atoms with Crippen LogP contribution < -0.4 is 11.1 Å². The number of amides is 1. The average molecular weight is 286 g/mol. The van der Waals surface area contributed by atoms with Crippen LogP contribution in [0.1, 0.15) is 24.8 Å². The molecule has 3 N–H and O–H groups in total. The van der Waals surface area contributed by atoms with Crippen LogP contribution in [0.3, 0.4) is 0 Å². The van der Waals surface area contributed by atoms with Gasteiger partial charge in [0, 0.05) is 24.0 Å². The van der Waals surface area contributed by atoms with Crippen LogP contribution in [0.25, 0.3) is 0 Å². The SMILES string of the molecule is CC(N)CCC(=O)NCc1nccs1.Cl.Cl. The van der Waals surface area contributed by atoms with Gasteiger partial charge in [0.25, 0.3) is 0 Å². The Morgan fingerprint density at radius 3 is 2.81 bits per heavy atom. The van der Waals surface area contributed by atoms with Gasteiger partial charge in [-0.1, -0.05) is 0 Å². The lowest BCUT2D eigenvalue weighted by molar-refractivity contribution is -0.121. The largest absolute Gasteiger partial charge is 0.350 e. The summed E-state index contributed by atoms with van der Waals surface area (Å²) in [5.74, 6) is 0.0394. The molecule has 94 valence electrons. The summed E-state index contributed by atoms with van der Waals surface area (Å²) in [6.07, 6.45) is 2.95. The number of thiazole rings is 1. The second kappa shape index (κ2) is 9.84. The normalized spacial score (nSPS) is 10.9. The van der Waals surface area contributed by atoms with E-state index in [1.807, 2.05) is 12.3 Å². The first-order valence-corrected chi connectivity index (χ1v) is 5.47. The zero-order valence-corrected chi connectivity index (χ0v) is 11.5.